The van der Waals surface area contributed by atoms with Gasteiger partial charge in [-0.1, -0.05) is 0 Å². The lowest BCUT2D eigenvalue weighted by Gasteiger charge is -2.26. The predicted octanol–water partition coefficient (Wildman–Crippen LogP) is 1.54. The predicted molar refractivity (Wildman–Crippen MR) is 83.5 cm³/mol. The Morgan fingerprint density at radius 3 is 2.45 bits per heavy atom. The normalized spacial score (nSPS) is 21.9. The van der Waals surface area contributed by atoms with E-state index in [1.807, 2.05) is 0 Å². The minimum atomic E-state index is -1.18. The number of carbonyl (C=O) groups excluding carboxylic acids is 1. The monoisotopic (exact) mass is 325 g/mol. The smallest absolute Gasteiger partial charge is 0.330 e. The number of methoxy groups -OCH3 is 1. The van der Waals surface area contributed by atoms with E-state index in [1.165, 1.54) is 11.8 Å². The Morgan fingerprint density at radius 2 is 1.95 bits per heavy atom. The van der Waals surface area contributed by atoms with E-state index in [4.69, 9.17) is 9.47 Å². The highest BCUT2D eigenvalue weighted by Crippen LogP contribution is 2.28. The number of amides is 1. The van der Waals surface area contributed by atoms with Crippen molar-refractivity contribution in [2.45, 2.75) is 25.0 Å². The number of carboxylic acid groups (broad SMARTS) is 1. The van der Waals surface area contributed by atoms with Gasteiger partial charge in [0.15, 0.2) is 6.10 Å². The molecule has 1 aromatic carbocycles. The summed E-state index contributed by atoms with van der Waals surface area (Å²) < 4.78 is 10.6. The van der Waals surface area contributed by atoms with Crippen molar-refractivity contribution in [1.82, 2.24) is 5.32 Å². The van der Waals surface area contributed by atoms with E-state index in [-0.39, 0.29) is 0 Å². The van der Waals surface area contributed by atoms with Crippen molar-refractivity contribution in [3.8, 4) is 11.5 Å². The van der Waals surface area contributed by atoms with Gasteiger partial charge in [-0.15, -0.1) is 0 Å². The Bertz CT molecular complexity index is 539. The minimum absolute atomic E-state index is 0.378. The molecule has 2 N–H and O–H groups in total. The van der Waals surface area contributed by atoms with E-state index in [0.717, 1.165) is 5.75 Å². The third-order valence-corrected chi connectivity index (χ3v) is 4.72. The summed E-state index contributed by atoms with van der Waals surface area (Å²) in [5, 5.41) is 12.0. The molecule has 0 aromatic heterocycles. The number of benzene rings is 1. The van der Waals surface area contributed by atoms with Crippen LogP contribution in [0.2, 0.25) is 0 Å². The summed E-state index contributed by atoms with van der Waals surface area (Å²) in [6.45, 7) is 1.59. The van der Waals surface area contributed by atoms with Crippen molar-refractivity contribution in [2.75, 3.05) is 18.6 Å². The molecule has 1 aromatic rings. The standard InChI is InChI=1S/C15H19NO5S/c1-10(21-12-5-3-11(20-2)4-6-12)13(17)16-15(14(18)19)7-8-22-9-15/h3-6,10H,7-9H2,1-2H3,(H,16,17)(H,18,19). The minimum Gasteiger partial charge on any atom is -0.497 e. The van der Waals surface area contributed by atoms with Crippen LogP contribution >= 0.6 is 11.8 Å². The van der Waals surface area contributed by atoms with E-state index in [2.05, 4.69) is 5.32 Å². The van der Waals surface area contributed by atoms with Crippen molar-refractivity contribution in [3.63, 3.8) is 0 Å². The van der Waals surface area contributed by atoms with Crippen LogP contribution in [0, 0.1) is 0 Å². The number of thioether (sulfide) groups is 1. The number of aliphatic carboxylic acids is 1. The second-order valence-corrected chi connectivity index (χ2v) is 6.22. The van der Waals surface area contributed by atoms with Gasteiger partial charge in [0.25, 0.3) is 5.91 Å². The molecule has 1 aliphatic heterocycles. The fourth-order valence-electron chi connectivity index (χ4n) is 2.14. The average Bonchev–Trinajstić information content (AvgIpc) is 2.98. The molecule has 0 aliphatic carbocycles. The zero-order chi connectivity index (χ0) is 16.2. The summed E-state index contributed by atoms with van der Waals surface area (Å²) in [6.07, 6.45) is -0.358. The van der Waals surface area contributed by atoms with Gasteiger partial charge in [-0.05, 0) is 43.4 Å². The lowest BCUT2D eigenvalue weighted by atomic mass is 9.99. The van der Waals surface area contributed by atoms with Gasteiger partial charge in [-0.2, -0.15) is 11.8 Å². The van der Waals surface area contributed by atoms with Gasteiger partial charge < -0.3 is 19.9 Å². The first-order valence-corrected chi connectivity index (χ1v) is 8.06. The second kappa shape index (κ2) is 6.91. The van der Waals surface area contributed by atoms with Gasteiger partial charge in [-0.3, -0.25) is 4.79 Å². The maximum atomic E-state index is 12.2. The van der Waals surface area contributed by atoms with E-state index < -0.39 is 23.5 Å². The molecule has 1 saturated heterocycles. The highest BCUT2D eigenvalue weighted by Gasteiger charge is 2.44. The molecule has 0 saturated carbocycles. The first-order chi connectivity index (χ1) is 10.5. The van der Waals surface area contributed by atoms with Crippen LogP contribution < -0.4 is 14.8 Å². The zero-order valence-corrected chi connectivity index (χ0v) is 13.3. The summed E-state index contributed by atoms with van der Waals surface area (Å²) in [5.74, 6) is 0.887. The Hall–Kier alpha value is -1.89. The molecule has 0 radical (unpaired) electrons. The van der Waals surface area contributed by atoms with E-state index in [1.54, 1.807) is 38.3 Å². The molecular formula is C15H19NO5S. The maximum Gasteiger partial charge on any atom is 0.330 e. The summed E-state index contributed by atoms with van der Waals surface area (Å²) in [5.41, 5.74) is -1.18. The quantitative estimate of drug-likeness (QED) is 0.825. The summed E-state index contributed by atoms with van der Waals surface area (Å²) in [7, 11) is 1.57. The highest BCUT2D eigenvalue weighted by molar-refractivity contribution is 7.99. The molecule has 2 unspecified atom stereocenters. The third kappa shape index (κ3) is 3.65. The molecule has 2 rings (SSSR count). The zero-order valence-electron chi connectivity index (χ0n) is 12.5. The van der Waals surface area contributed by atoms with Gasteiger partial charge in [0.2, 0.25) is 0 Å². The lowest BCUT2D eigenvalue weighted by Crippen LogP contribution is -2.57. The molecular weight excluding hydrogens is 306 g/mol. The first kappa shape index (κ1) is 16.5. The molecule has 22 heavy (non-hydrogen) atoms. The Balaban J connectivity index is 1.97. The Kier molecular flexibility index (Phi) is 5.18. The Morgan fingerprint density at radius 1 is 1.32 bits per heavy atom. The van der Waals surface area contributed by atoms with Crippen molar-refractivity contribution < 1.29 is 24.2 Å². The second-order valence-electron chi connectivity index (χ2n) is 5.11. The molecule has 1 heterocycles. The van der Waals surface area contributed by atoms with Crippen LogP contribution in [-0.2, 0) is 9.59 Å². The number of carboxylic acids is 1. The van der Waals surface area contributed by atoms with Gasteiger partial charge in [0.1, 0.15) is 17.0 Å². The van der Waals surface area contributed by atoms with Crippen molar-refractivity contribution >= 4 is 23.6 Å². The lowest BCUT2D eigenvalue weighted by molar-refractivity contribution is -0.147. The van der Waals surface area contributed by atoms with Crippen molar-refractivity contribution in [2.24, 2.45) is 0 Å². The third-order valence-electron chi connectivity index (χ3n) is 3.54. The number of rotatable bonds is 6. The number of carbonyl (C=O) groups is 2. The van der Waals surface area contributed by atoms with E-state index in [0.29, 0.717) is 23.7 Å². The van der Waals surface area contributed by atoms with Gasteiger partial charge in [0, 0.05) is 5.75 Å². The van der Waals surface area contributed by atoms with Crippen LogP contribution in [0.15, 0.2) is 24.3 Å². The van der Waals surface area contributed by atoms with Crippen LogP contribution in [0.5, 0.6) is 11.5 Å². The number of nitrogens with one attached hydrogen (secondary N) is 1. The van der Waals surface area contributed by atoms with E-state index >= 15 is 0 Å². The van der Waals surface area contributed by atoms with Crippen LogP contribution in [0.4, 0.5) is 0 Å². The number of hydrogen-bond acceptors (Lipinski definition) is 5. The van der Waals surface area contributed by atoms with Crippen molar-refractivity contribution in [3.05, 3.63) is 24.3 Å². The van der Waals surface area contributed by atoms with Crippen LogP contribution in [0.1, 0.15) is 13.3 Å². The molecule has 120 valence electrons. The maximum absolute atomic E-state index is 12.2. The van der Waals surface area contributed by atoms with Gasteiger partial charge >= 0.3 is 5.97 Å². The van der Waals surface area contributed by atoms with Gasteiger partial charge in [0.05, 0.1) is 7.11 Å². The van der Waals surface area contributed by atoms with Crippen LogP contribution in [-0.4, -0.2) is 47.2 Å². The van der Waals surface area contributed by atoms with Gasteiger partial charge in [-0.25, -0.2) is 4.79 Å². The molecule has 7 heteroatoms. The topological polar surface area (TPSA) is 84.9 Å². The number of ether oxygens (including phenoxy) is 2. The fraction of sp³-hybridized carbons (Fsp3) is 0.467. The largest absolute Gasteiger partial charge is 0.497 e. The summed E-state index contributed by atoms with van der Waals surface area (Å²) in [4.78, 5) is 23.6. The molecule has 0 spiro atoms. The average molecular weight is 325 g/mol. The Labute approximate surface area is 133 Å². The van der Waals surface area contributed by atoms with Crippen LogP contribution in [0.3, 0.4) is 0 Å². The van der Waals surface area contributed by atoms with Crippen LogP contribution in [0.25, 0.3) is 0 Å². The SMILES string of the molecule is COc1ccc(OC(C)C(=O)NC2(C(=O)O)CCSC2)cc1. The summed E-state index contributed by atoms with van der Waals surface area (Å²) in [6, 6.07) is 6.85. The first-order valence-electron chi connectivity index (χ1n) is 6.91. The molecule has 1 amide bonds. The summed E-state index contributed by atoms with van der Waals surface area (Å²) >= 11 is 1.52. The molecule has 1 aliphatic rings. The number of hydrogen-bond donors (Lipinski definition) is 2. The molecule has 2 atom stereocenters. The van der Waals surface area contributed by atoms with Crippen molar-refractivity contribution in [1.29, 1.82) is 0 Å². The molecule has 6 nitrogen and oxygen atoms in total. The fourth-order valence-corrected chi connectivity index (χ4v) is 3.46. The highest BCUT2D eigenvalue weighted by atomic mass is 32.2. The molecule has 1 fully saturated rings. The molecule has 0 bridgehead atoms. The van der Waals surface area contributed by atoms with E-state index in [9.17, 15) is 14.7 Å².